The maximum Gasteiger partial charge on any atom is 0.131 e. The monoisotopic (exact) mass is 319 g/mol. The molecular formula is C19H15N2O3-. The fourth-order valence-corrected chi connectivity index (χ4v) is 2.30. The van der Waals surface area contributed by atoms with Gasteiger partial charge >= 0.3 is 0 Å². The van der Waals surface area contributed by atoms with Gasteiger partial charge in [-0.2, -0.15) is 0 Å². The zero-order valence-corrected chi connectivity index (χ0v) is 12.9. The molecule has 0 aliphatic carbocycles. The van der Waals surface area contributed by atoms with Gasteiger partial charge in [0.1, 0.15) is 18.2 Å². The molecule has 0 saturated heterocycles. The predicted molar refractivity (Wildman–Crippen MR) is 91.5 cm³/mol. The molecule has 0 atom stereocenters. The molecule has 0 bridgehead atoms. The van der Waals surface area contributed by atoms with Gasteiger partial charge in [-0.05, 0) is 29.8 Å². The van der Waals surface area contributed by atoms with Crippen molar-refractivity contribution in [3.63, 3.8) is 0 Å². The maximum atomic E-state index is 11.1. The highest BCUT2D eigenvalue weighted by molar-refractivity contribution is 6.00. The number of hydrogen-bond acceptors (Lipinski definition) is 4. The van der Waals surface area contributed by atoms with Crippen LogP contribution in [0.15, 0.2) is 55.1 Å². The lowest BCUT2D eigenvalue weighted by Gasteiger charge is -2.02. The number of nitrogens with one attached hydrogen (secondary N) is 1. The van der Waals surface area contributed by atoms with Crippen LogP contribution in [-0.4, -0.2) is 22.5 Å². The average molecular weight is 319 g/mol. The number of ether oxygens (including phenoxy) is 1. The van der Waals surface area contributed by atoms with Crippen LogP contribution in [0.5, 0.6) is 5.75 Å². The molecule has 5 nitrogen and oxygen atoms in total. The number of carboxylic acid groups (broad SMARTS) is 1. The summed E-state index contributed by atoms with van der Waals surface area (Å²) in [6.45, 7) is 4.07. The molecule has 5 heteroatoms. The highest BCUT2D eigenvalue weighted by atomic mass is 16.5. The van der Waals surface area contributed by atoms with Gasteiger partial charge in [0.15, 0.2) is 0 Å². The first-order valence-electron chi connectivity index (χ1n) is 7.39. The third kappa shape index (κ3) is 3.35. The van der Waals surface area contributed by atoms with E-state index in [1.165, 1.54) is 6.07 Å². The first kappa shape index (κ1) is 15.6. The van der Waals surface area contributed by atoms with Crippen LogP contribution in [0.3, 0.4) is 0 Å². The van der Waals surface area contributed by atoms with Gasteiger partial charge in [0, 0.05) is 5.56 Å². The van der Waals surface area contributed by atoms with Crippen LogP contribution in [-0.2, 0) is 0 Å². The molecule has 0 aliphatic heterocycles. The molecule has 0 unspecified atom stereocenters. The van der Waals surface area contributed by atoms with E-state index >= 15 is 0 Å². The zero-order valence-electron chi connectivity index (χ0n) is 12.9. The summed E-state index contributed by atoms with van der Waals surface area (Å²) in [7, 11) is 0. The number of aromatic amines is 1. The minimum absolute atomic E-state index is 0.0760. The lowest BCUT2D eigenvalue weighted by Crippen LogP contribution is -2.22. The van der Waals surface area contributed by atoms with E-state index in [9.17, 15) is 9.90 Å². The SMILES string of the molecule is C=CCOc1ccc(/C=C/c2nc3c(C(=O)[O-])cccc3[nH]2)cc1. The summed E-state index contributed by atoms with van der Waals surface area (Å²) in [6, 6.07) is 12.5. The number of carbonyl (C=O) groups excluding carboxylic acids is 1. The Balaban J connectivity index is 1.81. The molecular weight excluding hydrogens is 304 g/mol. The Labute approximate surface area is 138 Å². The molecule has 0 saturated carbocycles. The molecule has 24 heavy (non-hydrogen) atoms. The van der Waals surface area contributed by atoms with Crippen LogP contribution in [0.2, 0.25) is 0 Å². The quantitative estimate of drug-likeness (QED) is 0.709. The molecule has 0 fully saturated rings. The fourth-order valence-electron chi connectivity index (χ4n) is 2.30. The van der Waals surface area contributed by atoms with Crippen LogP contribution in [0, 0.1) is 0 Å². The Hall–Kier alpha value is -3.34. The summed E-state index contributed by atoms with van der Waals surface area (Å²) >= 11 is 0. The summed E-state index contributed by atoms with van der Waals surface area (Å²) in [5.41, 5.74) is 2.10. The Morgan fingerprint density at radius 1 is 1.21 bits per heavy atom. The molecule has 120 valence electrons. The number of para-hydroxylation sites is 1. The van der Waals surface area contributed by atoms with Gasteiger partial charge < -0.3 is 19.6 Å². The Bertz CT molecular complexity index is 908. The fraction of sp³-hybridized carbons (Fsp3) is 0.0526. The van der Waals surface area contributed by atoms with Gasteiger partial charge in [-0.3, -0.25) is 0 Å². The number of aromatic nitrogens is 2. The van der Waals surface area contributed by atoms with E-state index in [4.69, 9.17) is 4.74 Å². The van der Waals surface area contributed by atoms with Crippen LogP contribution >= 0.6 is 0 Å². The van der Waals surface area contributed by atoms with Crippen molar-refractivity contribution < 1.29 is 14.6 Å². The summed E-state index contributed by atoms with van der Waals surface area (Å²) in [5.74, 6) is 0.109. The van der Waals surface area contributed by atoms with Gasteiger partial charge in [-0.1, -0.05) is 43.0 Å². The minimum atomic E-state index is -1.24. The summed E-state index contributed by atoms with van der Waals surface area (Å²) in [5, 5.41) is 11.1. The number of carbonyl (C=O) groups is 1. The highest BCUT2D eigenvalue weighted by Crippen LogP contribution is 2.18. The first-order valence-corrected chi connectivity index (χ1v) is 7.39. The average Bonchev–Trinajstić information content (AvgIpc) is 3.01. The molecule has 1 heterocycles. The summed E-state index contributed by atoms with van der Waals surface area (Å²) in [6.07, 6.45) is 5.36. The lowest BCUT2D eigenvalue weighted by molar-refractivity contribution is -0.254. The third-order valence-electron chi connectivity index (χ3n) is 3.43. The Kier molecular flexibility index (Phi) is 4.43. The van der Waals surface area contributed by atoms with Gasteiger partial charge in [0.25, 0.3) is 0 Å². The molecule has 0 radical (unpaired) electrons. The third-order valence-corrected chi connectivity index (χ3v) is 3.43. The standard InChI is InChI=1S/C19H16N2O3/c1-2-12-24-14-9-6-13(7-10-14)8-11-17-20-16-5-3-4-15(19(22)23)18(16)21-17/h2-11H,1,12H2,(H,20,21)(H,22,23)/p-1/b11-8+. The van der Waals surface area contributed by atoms with Crippen molar-refractivity contribution in [2.45, 2.75) is 0 Å². The maximum absolute atomic E-state index is 11.1. The normalized spacial score (nSPS) is 11.0. The largest absolute Gasteiger partial charge is 0.545 e. The number of rotatable bonds is 6. The van der Waals surface area contributed by atoms with Crippen molar-refractivity contribution in [1.82, 2.24) is 9.97 Å². The van der Waals surface area contributed by atoms with Crippen molar-refractivity contribution in [3.05, 3.63) is 72.1 Å². The molecule has 3 rings (SSSR count). The van der Waals surface area contributed by atoms with E-state index in [1.54, 1.807) is 24.3 Å². The highest BCUT2D eigenvalue weighted by Gasteiger charge is 2.06. The van der Waals surface area contributed by atoms with Crippen LogP contribution < -0.4 is 9.84 Å². The number of H-pyrrole nitrogens is 1. The Morgan fingerprint density at radius 3 is 2.71 bits per heavy atom. The van der Waals surface area contributed by atoms with E-state index in [1.807, 2.05) is 30.3 Å². The molecule has 2 aromatic carbocycles. The van der Waals surface area contributed by atoms with E-state index in [-0.39, 0.29) is 5.56 Å². The van der Waals surface area contributed by atoms with Crippen LogP contribution in [0.1, 0.15) is 21.7 Å². The van der Waals surface area contributed by atoms with Crippen molar-refractivity contribution in [2.75, 3.05) is 6.61 Å². The number of carboxylic acids is 1. The second-order valence-electron chi connectivity index (χ2n) is 5.11. The van der Waals surface area contributed by atoms with Crippen molar-refractivity contribution in [2.24, 2.45) is 0 Å². The van der Waals surface area contributed by atoms with Crippen molar-refractivity contribution >= 4 is 29.2 Å². The molecule has 0 aliphatic rings. The van der Waals surface area contributed by atoms with E-state index in [0.29, 0.717) is 23.5 Å². The van der Waals surface area contributed by atoms with Gasteiger partial charge in [0.05, 0.1) is 17.0 Å². The smallest absolute Gasteiger partial charge is 0.131 e. The first-order chi connectivity index (χ1) is 11.7. The van der Waals surface area contributed by atoms with Crippen molar-refractivity contribution in [3.8, 4) is 5.75 Å². The summed E-state index contributed by atoms with van der Waals surface area (Å²) in [4.78, 5) is 18.5. The second-order valence-corrected chi connectivity index (χ2v) is 5.11. The number of nitrogens with zero attached hydrogens (tertiary/aromatic N) is 1. The predicted octanol–water partition coefficient (Wildman–Crippen LogP) is 2.66. The van der Waals surface area contributed by atoms with Crippen LogP contribution in [0.4, 0.5) is 0 Å². The topological polar surface area (TPSA) is 78.0 Å². The van der Waals surface area contributed by atoms with E-state index < -0.39 is 5.97 Å². The van der Waals surface area contributed by atoms with Gasteiger partial charge in [-0.25, -0.2) is 4.98 Å². The van der Waals surface area contributed by atoms with Crippen LogP contribution in [0.25, 0.3) is 23.2 Å². The number of hydrogen-bond donors (Lipinski definition) is 1. The second kappa shape index (κ2) is 6.83. The minimum Gasteiger partial charge on any atom is -0.545 e. The zero-order chi connectivity index (χ0) is 16.9. The Morgan fingerprint density at radius 2 is 2.00 bits per heavy atom. The number of fused-ring (bicyclic) bond motifs is 1. The lowest BCUT2D eigenvalue weighted by atomic mass is 10.2. The van der Waals surface area contributed by atoms with E-state index in [2.05, 4.69) is 16.5 Å². The number of imidazole rings is 1. The molecule has 3 aromatic rings. The molecule has 0 spiro atoms. The molecule has 1 aromatic heterocycles. The van der Waals surface area contributed by atoms with Crippen molar-refractivity contribution in [1.29, 1.82) is 0 Å². The number of aromatic carboxylic acids is 1. The van der Waals surface area contributed by atoms with Gasteiger partial charge in [-0.15, -0.1) is 0 Å². The molecule has 1 N–H and O–H groups in total. The summed E-state index contributed by atoms with van der Waals surface area (Å²) < 4.78 is 5.43. The van der Waals surface area contributed by atoms with Gasteiger partial charge in [0.2, 0.25) is 0 Å². The van der Waals surface area contributed by atoms with E-state index in [0.717, 1.165) is 11.3 Å². The molecule has 0 amide bonds. The number of benzene rings is 2.